The molecular formula is C9H12ClN5O. The highest BCUT2D eigenvalue weighted by molar-refractivity contribution is 6.18. The molecule has 86 valence electrons. The van der Waals surface area contributed by atoms with Gasteiger partial charge in [-0.3, -0.25) is 9.69 Å². The lowest BCUT2D eigenvalue weighted by molar-refractivity contribution is -0.117. The molecule has 1 aliphatic rings. The molecule has 1 unspecified atom stereocenters. The second-order valence-electron chi connectivity index (χ2n) is 3.72. The highest BCUT2D eigenvalue weighted by Crippen LogP contribution is 2.29. The van der Waals surface area contributed by atoms with Crippen molar-refractivity contribution in [3.8, 4) is 0 Å². The van der Waals surface area contributed by atoms with Crippen LogP contribution in [0.5, 0.6) is 0 Å². The number of carbonyl (C=O) groups excluding carboxylic acids is 1. The van der Waals surface area contributed by atoms with E-state index in [4.69, 9.17) is 23.1 Å². The number of nitrogen functional groups attached to an aromatic ring is 2. The molecule has 4 N–H and O–H groups in total. The van der Waals surface area contributed by atoms with Crippen LogP contribution in [0.15, 0.2) is 6.33 Å². The number of carbonyl (C=O) groups is 1. The number of nitrogens with zero attached hydrogens (tertiary/aromatic N) is 3. The predicted octanol–water partition coefficient (Wildman–Crippen LogP) is 0.233. The lowest BCUT2D eigenvalue weighted by Gasteiger charge is -2.17. The van der Waals surface area contributed by atoms with Crippen LogP contribution in [-0.4, -0.2) is 28.3 Å². The van der Waals surface area contributed by atoms with Crippen LogP contribution in [0.1, 0.15) is 6.42 Å². The van der Waals surface area contributed by atoms with Crippen molar-refractivity contribution < 1.29 is 4.79 Å². The van der Waals surface area contributed by atoms with Crippen LogP contribution in [0, 0.1) is 5.92 Å². The summed E-state index contributed by atoms with van der Waals surface area (Å²) in [7, 11) is 0. The molecule has 1 aromatic heterocycles. The molecule has 16 heavy (non-hydrogen) atoms. The second kappa shape index (κ2) is 4.13. The maximum Gasteiger partial charge on any atom is 0.228 e. The zero-order valence-electron chi connectivity index (χ0n) is 8.56. The van der Waals surface area contributed by atoms with Gasteiger partial charge in [-0.2, -0.15) is 0 Å². The Balaban J connectivity index is 2.31. The average Bonchev–Trinajstić information content (AvgIpc) is 2.64. The summed E-state index contributed by atoms with van der Waals surface area (Å²) in [5.41, 5.74) is 11.5. The smallest absolute Gasteiger partial charge is 0.228 e. The molecule has 1 aromatic rings. The van der Waals surface area contributed by atoms with Gasteiger partial charge in [0, 0.05) is 18.8 Å². The Morgan fingerprint density at radius 1 is 1.50 bits per heavy atom. The summed E-state index contributed by atoms with van der Waals surface area (Å²) in [5, 5.41) is 0. The summed E-state index contributed by atoms with van der Waals surface area (Å²) >= 11 is 5.73. The van der Waals surface area contributed by atoms with Crippen molar-refractivity contribution in [2.75, 3.05) is 28.8 Å². The zero-order chi connectivity index (χ0) is 11.7. The van der Waals surface area contributed by atoms with Crippen LogP contribution in [0.25, 0.3) is 0 Å². The normalized spacial score (nSPS) is 20.4. The first kappa shape index (κ1) is 10.9. The second-order valence-corrected chi connectivity index (χ2v) is 4.03. The van der Waals surface area contributed by atoms with Crippen molar-refractivity contribution >= 4 is 34.8 Å². The van der Waals surface area contributed by atoms with Crippen molar-refractivity contribution in [1.29, 1.82) is 0 Å². The Bertz CT molecular complexity index is 424. The van der Waals surface area contributed by atoms with Crippen LogP contribution in [0.3, 0.4) is 0 Å². The van der Waals surface area contributed by atoms with Gasteiger partial charge in [-0.15, -0.1) is 11.6 Å². The van der Waals surface area contributed by atoms with Crippen LogP contribution in [0.4, 0.5) is 17.3 Å². The molecule has 0 aromatic carbocycles. The number of halogens is 1. The molecule has 1 fully saturated rings. The maximum absolute atomic E-state index is 11.7. The molecule has 0 spiro atoms. The van der Waals surface area contributed by atoms with Crippen molar-refractivity contribution in [1.82, 2.24) is 9.97 Å². The minimum Gasteiger partial charge on any atom is -0.393 e. The number of anilines is 3. The number of nitrogens with two attached hydrogens (primary N) is 2. The van der Waals surface area contributed by atoms with Gasteiger partial charge < -0.3 is 11.5 Å². The van der Waals surface area contributed by atoms with E-state index >= 15 is 0 Å². The van der Waals surface area contributed by atoms with Gasteiger partial charge in [-0.1, -0.05) is 0 Å². The highest BCUT2D eigenvalue weighted by atomic mass is 35.5. The molecule has 7 heteroatoms. The molecule has 0 saturated carbocycles. The first-order chi connectivity index (χ1) is 7.63. The first-order valence-corrected chi connectivity index (χ1v) is 5.39. The fourth-order valence-electron chi connectivity index (χ4n) is 1.70. The highest BCUT2D eigenvalue weighted by Gasteiger charge is 2.32. The lowest BCUT2D eigenvalue weighted by atomic mass is 10.1. The summed E-state index contributed by atoms with van der Waals surface area (Å²) in [6.07, 6.45) is 1.72. The average molecular weight is 242 g/mol. The van der Waals surface area contributed by atoms with E-state index in [1.807, 2.05) is 0 Å². The zero-order valence-corrected chi connectivity index (χ0v) is 9.31. The van der Waals surface area contributed by atoms with Crippen molar-refractivity contribution in [2.24, 2.45) is 5.92 Å². The molecule has 0 radical (unpaired) electrons. The van der Waals surface area contributed by atoms with Crippen LogP contribution >= 0.6 is 11.6 Å². The first-order valence-electron chi connectivity index (χ1n) is 4.85. The summed E-state index contributed by atoms with van der Waals surface area (Å²) in [4.78, 5) is 21.0. The van der Waals surface area contributed by atoms with Gasteiger partial charge >= 0.3 is 0 Å². The molecule has 0 aliphatic carbocycles. The van der Waals surface area contributed by atoms with Crippen molar-refractivity contribution in [2.45, 2.75) is 6.42 Å². The number of hydrogen-bond donors (Lipinski definition) is 2. The molecule has 1 atom stereocenters. The largest absolute Gasteiger partial charge is 0.393 e. The molecule has 1 aliphatic heterocycles. The number of amides is 1. The summed E-state index contributed by atoms with van der Waals surface area (Å²) in [6.45, 7) is 0.531. The van der Waals surface area contributed by atoms with Crippen molar-refractivity contribution in [3.63, 3.8) is 0 Å². The van der Waals surface area contributed by atoms with Crippen molar-refractivity contribution in [3.05, 3.63) is 6.33 Å². The molecule has 2 heterocycles. The Kier molecular flexibility index (Phi) is 2.82. The number of hydrogen-bond acceptors (Lipinski definition) is 5. The minimum absolute atomic E-state index is 0.0320. The topological polar surface area (TPSA) is 98.1 Å². The molecule has 1 saturated heterocycles. The van der Waals surface area contributed by atoms with Gasteiger partial charge in [0.25, 0.3) is 0 Å². The van der Waals surface area contributed by atoms with Crippen LogP contribution in [-0.2, 0) is 4.79 Å². The standard InChI is InChI=1S/C9H12ClN5O/c10-2-5-1-6(16)15(3-5)9-7(11)8(12)13-4-14-9/h4-5H,1-3,11H2,(H2,12,13,14). The van der Waals surface area contributed by atoms with Gasteiger partial charge in [0.05, 0.1) is 0 Å². The van der Waals surface area contributed by atoms with E-state index < -0.39 is 0 Å². The van der Waals surface area contributed by atoms with E-state index in [-0.39, 0.29) is 23.3 Å². The number of rotatable bonds is 2. The Hall–Kier alpha value is -1.56. The summed E-state index contributed by atoms with van der Waals surface area (Å²) in [5.74, 6) is 1.13. The van der Waals surface area contributed by atoms with Gasteiger partial charge in [-0.05, 0) is 5.92 Å². The van der Waals surface area contributed by atoms with E-state index in [0.29, 0.717) is 24.7 Å². The van der Waals surface area contributed by atoms with Gasteiger partial charge in [0.1, 0.15) is 12.0 Å². The van der Waals surface area contributed by atoms with E-state index in [1.54, 1.807) is 0 Å². The maximum atomic E-state index is 11.7. The SMILES string of the molecule is Nc1ncnc(N2CC(CCl)CC2=O)c1N. The fourth-order valence-corrected chi connectivity index (χ4v) is 1.91. The third-order valence-electron chi connectivity index (χ3n) is 2.57. The van der Waals surface area contributed by atoms with E-state index in [2.05, 4.69) is 9.97 Å². The third kappa shape index (κ3) is 1.76. The van der Waals surface area contributed by atoms with Crippen LogP contribution < -0.4 is 16.4 Å². The molecule has 2 rings (SSSR count). The lowest BCUT2D eigenvalue weighted by Crippen LogP contribution is -2.27. The molecule has 1 amide bonds. The Labute approximate surface area is 97.6 Å². The van der Waals surface area contributed by atoms with Gasteiger partial charge in [-0.25, -0.2) is 9.97 Å². The Morgan fingerprint density at radius 3 is 2.88 bits per heavy atom. The van der Waals surface area contributed by atoms with Crippen LogP contribution in [0.2, 0.25) is 0 Å². The number of alkyl halides is 1. The van der Waals surface area contributed by atoms with E-state index in [0.717, 1.165) is 0 Å². The molecule has 0 bridgehead atoms. The quantitative estimate of drug-likeness (QED) is 0.723. The summed E-state index contributed by atoms with van der Waals surface area (Å²) in [6, 6.07) is 0. The summed E-state index contributed by atoms with van der Waals surface area (Å²) < 4.78 is 0. The fraction of sp³-hybridized carbons (Fsp3) is 0.444. The number of aromatic nitrogens is 2. The van der Waals surface area contributed by atoms with E-state index in [1.165, 1.54) is 11.2 Å². The monoisotopic (exact) mass is 241 g/mol. The van der Waals surface area contributed by atoms with Gasteiger partial charge in [0.2, 0.25) is 5.91 Å². The minimum atomic E-state index is -0.0320. The molecular weight excluding hydrogens is 230 g/mol. The predicted molar refractivity (Wildman–Crippen MR) is 62.0 cm³/mol. The Morgan fingerprint density at radius 2 is 2.25 bits per heavy atom. The third-order valence-corrected chi connectivity index (χ3v) is 3.01. The molecule has 6 nitrogen and oxygen atoms in total. The van der Waals surface area contributed by atoms with Gasteiger partial charge in [0.15, 0.2) is 11.6 Å². The van der Waals surface area contributed by atoms with E-state index in [9.17, 15) is 4.79 Å².